The summed E-state index contributed by atoms with van der Waals surface area (Å²) in [4.78, 5) is 21.9. The number of carbonyl (C=O) groups is 1. The Labute approximate surface area is 187 Å². The maximum Gasteiger partial charge on any atom is 0.257 e. The molecule has 0 unspecified atom stereocenters. The lowest BCUT2D eigenvalue weighted by atomic mass is 10.1. The minimum atomic E-state index is 0.0320. The minimum Gasteiger partial charge on any atom is -0.486 e. The van der Waals surface area contributed by atoms with E-state index in [0.717, 1.165) is 43.4 Å². The van der Waals surface area contributed by atoms with Crippen LogP contribution in [-0.4, -0.2) is 53.4 Å². The number of amides is 1. The molecule has 0 radical (unpaired) electrons. The average Bonchev–Trinajstić information content (AvgIpc) is 3.24. The molecule has 1 aliphatic heterocycles. The van der Waals surface area contributed by atoms with Gasteiger partial charge >= 0.3 is 0 Å². The molecule has 31 heavy (non-hydrogen) atoms. The molecule has 1 aliphatic rings. The van der Waals surface area contributed by atoms with Gasteiger partial charge in [-0.15, -0.1) is 11.3 Å². The third-order valence-electron chi connectivity index (χ3n) is 5.29. The van der Waals surface area contributed by atoms with Crippen LogP contribution in [0.4, 0.5) is 0 Å². The quantitative estimate of drug-likeness (QED) is 0.550. The Bertz CT molecular complexity index is 1020. The van der Waals surface area contributed by atoms with E-state index in [1.165, 1.54) is 5.56 Å². The Morgan fingerprint density at radius 3 is 2.55 bits per heavy atom. The maximum absolute atomic E-state index is 13.1. The fourth-order valence-electron chi connectivity index (χ4n) is 3.60. The average molecular weight is 434 g/mol. The predicted molar refractivity (Wildman–Crippen MR) is 125 cm³/mol. The van der Waals surface area contributed by atoms with Crippen LogP contribution in [0.2, 0.25) is 0 Å². The SMILES string of the molecule is Cc1nc(COc2ccccc2C(=O)N2CCN(CC=Cc3ccccc3)CC2)cs1. The van der Waals surface area contributed by atoms with Gasteiger partial charge in [-0.3, -0.25) is 9.69 Å². The van der Waals surface area contributed by atoms with E-state index in [9.17, 15) is 4.79 Å². The number of nitrogens with zero attached hydrogens (tertiary/aromatic N) is 3. The van der Waals surface area contributed by atoms with Crippen molar-refractivity contribution in [3.8, 4) is 5.75 Å². The van der Waals surface area contributed by atoms with Crippen LogP contribution in [0.15, 0.2) is 66.1 Å². The van der Waals surface area contributed by atoms with Crippen molar-refractivity contribution in [1.82, 2.24) is 14.8 Å². The highest BCUT2D eigenvalue weighted by atomic mass is 32.1. The van der Waals surface area contributed by atoms with Gasteiger partial charge in [-0.05, 0) is 24.6 Å². The first-order valence-corrected chi connectivity index (χ1v) is 11.4. The fourth-order valence-corrected chi connectivity index (χ4v) is 4.20. The van der Waals surface area contributed by atoms with Crippen LogP contribution in [-0.2, 0) is 6.61 Å². The minimum absolute atomic E-state index is 0.0320. The van der Waals surface area contributed by atoms with Crippen molar-refractivity contribution in [2.24, 2.45) is 0 Å². The summed E-state index contributed by atoms with van der Waals surface area (Å²) in [7, 11) is 0. The highest BCUT2D eigenvalue weighted by Crippen LogP contribution is 2.22. The van der Waals surface area contributed by atoms with Crippen LogP contribution in [0.25, 0.3) is 6.08 Å². The zero-order valence-electron chi connectivity index (χ0n) is 17.7. The first-order valence-electron chi connectivity index (χ1n) is 10.5. The van der Waals surface area contributed by atoms with E-state index in [0.29, 0.717) is 17.9 Å². The Kier molecular flexibility index (Phi) is 7.12. The summed E-state index contributed by atoms with van der Waals surface area (Å²) in [5.74, 6) is 0.649. The number of carbonyl (C=O) groups excluding carboxylic acids is 1. The van der Waals surface area contributed by atoms with Gasteiger partial charge in [0.1, 0.15) is 12.4 Å². The maximum atomic E-state index is 13.1. The molecule has 0 spiro atoms. The normalized spacial score (nSPS) is 14.8. The molecule has 1 saturated heterocycles. The van der Waals surface area contributed by atoms with Crippen LogP contribution in [0.5, 0.6) is 5.75 Å². The molecule has 1 aromatic heterocycles. The number of rotatable bonds is 7. The third kappa shape index (κ3) is 5.81. The number of hydrogen-bond acceptors (Lipinski definition) is 5. The molecule has 0 bridgehead atoms. The lowest BCUT2D eigenvalue weighted by molar-refractivity contribution is 0.0645. The van der Waals surface area contributed by atoms with E-state index in [2.05, 4.69) is 34.2 Å². The molecule has 0 aliphatic carbocycles. The van der Waals surface area contributed by atoms with Crippen molar-refractivity contribution < 1.29 is 9.53 Å². The summed E-state index contributed by atoms with van der Waals surface area (Å²) in [6.07, 6.45) is 4.34. The van der Waals surface area contributed by atoms with E-state index in [-0.39, 0.29) is 5.91 Å². The topological polar surface area (TPSA) is 45.7 Å². The molecule has 0 saturated carbocycles. The van der Waals surface area contributed by atoms with Gasteiger partial charge in [0.05, 0.1) is 16.3 Å². The molecule has 160 valence electrons. The van der Waals surface area contributed by atoms with Crippen molar-refractivity contribution in [3.63, 3.8) is 0 Å². The van der Waals surface area contributed by atoms with Crippen molar-refractivity contribution >= 4 is 23.3 Å². The van der Waals surface area contributed by atoms with Gasteiger partial charge in [-0.1, -0.05) is 54.6 Å². The lowest BCUT2D eigenvalue weighted by Gasteiger charge is -2.34. The van der Waals surface area contributed by atoms with E-state index in [4.69, 9.17) is 4.74 Å². The molecule has 1 fully saturated rings. The standard InChI is InChI=1S/C25H27N3O2S/c1-20-26-22(19-31-20)18-30-24-12-6-5-11-23(24)25(29)28-16-14-27(15-17-28)13-7-10-21-8-3-2-4-9-21/h2-12,19H,13-18H2,1H3. The molecule has 2 heterocycles. The Hall–Kier alpha value is -2.96. The molecule has 3 aromatic rings. The van der Waals surface area contributed by atoms with Crippen molar-refractivity contribution in [3.05, 3.63) is 87.9 Å². The number of hydrogen-bond donors (Lipinski definition) is 0. The largest absolute Gasteiger partial charge is 0.486 e. The number of ether oxygens (including phenoxy) is 1. The molecule has 6 heteroatoms. The van der Waals surface area contributed by atoms with E-state index < -0.39 is 0 Å². The van der Waals surface area contributed by atoms with Crippen LogP contribution in [0, 0.1) is 6.92 Å². The zero-order chi connectivity index (χ0) is 21.5. The highest BCUT2D eigenvalue weighted by Gasteiger charge is 2.23. The second-order valence-electron chi connectivity index (χ2n) is 7.55. The number of benzene rings is 2. The summed E-state index contributed by atoms with van der Waals surface area (Å²) < 4.78 is 5.94. The van der Waals surface area contributed by atoms with Crippen LogP contribution >= 0.6 is 11.3 Å². The van der Waals surface area contributed by atoms with E-state index >= 15 is 0 Å². The van der Waals surface area contributed by atoms with Gasteiger partial charge in [0.15, 0.2) is 0 Å². The molecular formula is C25H27N3O2S. The summed E-state index contributed by atoms with van der Waals surface area (Å²) >= 11 is 1.60. The molecule has 4 rings (SSSR count). The van der Waals surface area contributed by atoms with Gasteiger partial charge < -0.3 is 9.64 Å². The van der Waals surface area contributed by atoms with Gasteiger partial charge in [-0.2, -0.15) is 0 Å². The number of para-hydroxylation sites is 1. The van der Waals surface area contributed by atoms with Gasteiger partial charge in [-0.25, -0.2) is 4.98 Å². The molecule has 1 amide bonds. The Morgan fingerprint density at radius 2 is 1.81 bits per heavy atom. The third-order valence-corrected chi connectivity index (χ3v) is 6.11. The van der Waals surface area contributed by atoms with Crippen LogP contribution < -0.4 is 4.74 Å². The fraction of sp³-hybridized carbons (Fsp3) is 0.280. The zero-order valence-corrected chi connectivity index (χ0v) is 18.6. The predicted octanol–water partition coefficient (Wildman–Crippen LogP) is 4.50. The van der Waals surface area contributed by atoms with Crippen molar-refractivity contribution in [1.29, 1.82) is 0 Å². The smallest absolute Gasteiger partial charge is 0.257 e. The van der Waals surface area contributed by atoms with Crippen molar-refractivity contribution in [2.45, 2.75) is 13.5 Å². The summed E-state index contributed by atoms with van der Waals surface area (Å²) in [5.41, 5.74) is 2.72. The van der Waals surface area contributed by atoms with E-state index in [1.807, 2.05) is 59.7 Å². The first-order chi connectivity index (χ1) is 15.2. The Balaban J connectivity index is 1.31. The molecule has 5 nitrogen and oxygen atoms in total. The summed E-state index contributed by atoms with van der Waals surface area (Å²) in [5, 5.41) is 3.00. The van der Waals surface area contributed by atoms with E-state index in [1.54, 1.807) is 11.3 Å². The number of piperazine rings is 1. The lowest BCUT2D eigenvalue weighted by Crippen LogP contribution is -2.48. The number of thiazole rings is 1. The monoisotopic (exact) mass is 433 g/mol. The highest BCUT2D eigenvalue weighted by molar-refractivity contribution is 7.09. The molecule has 2 aromatic carbocycles. The summed E-state index contributed by atoms with van der Waals surface area (Å²) in [6.45, 7) is 6.41. The Morgan fingerprint density at radius 1 is 1.06 bits per heavy atom. The molecular weight excluding hydrogens is 406 g/mol. The van der Waals surface area contributed by atoms with Crippen molar-refractivity contribution in [2.75, 3.05) is 32.7 Å². The van der Waals surface area contributed by atoms with Gasteiger partial charge in [0, 0.05) is 38.1 Å². The molecule has 0 N–H and O–H groups in total. The van der Waals surface area contributed by atoms with Crippen LogP contribution in [0.1, 0.15) is 26.6 Å². The summed E-state index contributed by atoms with van der Waals surface area (Å²) in [6, 6.07) is 17.8. The van der Waals surface area contributed by atoms with Gasteiger partial charge in [0.25, 0.3) is 5.91 Å². The number of aryl methyl sites for hydroxylation is 1. The van der Waals surface area contributed by atoms with Crippen LogP contribution in [0.3, 0.4) is 0 Å². The number of aromatic nitrogens is 1. The molecule has 0 atom stereocenters. The second-order valence-corrected chi connectivity index (χ2v) is 8.61. The second kappa shape index (κ2) is 10.4. The first kappa shape index (κ1) is 21.3. The van der Waals surface area contributed by atoms with Gasteiger partial charge in [0.2, 0.25) is 0 Å².